The summed E-state index contributed by atoms with van der Waals surface area (Å²) >= 11 is 0. The van der Waals surface area contributed by atoms with Gasteiger partial charge < -0.3 is 21.5 Å². The third-order valence-corrected chi connectivity index (χ3v) is 1.95. The summed E-state index contributed by atoms with van der Waals surface area (Å²) in [6, 6.07) is 5.07. The second-order valence-electron chi connectivity index (χ2n) is 3.09. The monoisotopic (exact) mass is 209 g/mol. The zero-order valence-corrected chi connectivity index (χ0v) is 8.62. The molecule has 5 N–H and O–H groups in total. The Hall–Kier alpha value is -1.75. The lowest BCUT2D eigenvalue weighted by Gasteiger charge is -2.08. The molecule has 0 atom stereocenters. The van der Waals surface area contributed by atoms with Gasteiger partial charge in [-0.05, 0) is 18.2 Å². The highest BCUT2D eigenvalue weighted by Crippen LogP contribution is 2.16. The van der Waals surface area contributed by atoms with Gasteiger partial charge in [0.1, 0.15) is 0 Å². The van der Waals surface area contributed by atoms with Crippen LogP contribution in [0.15, 0.2) is 18.2 Å². The van der Waals surface area contributed by atoms with Crippen LogP contribution in [0.25, 0.3) is 0 Å². The summed E-state index contributed by atoms with van der Waals surface area (Å²) < 4.78 is 4.89. The molecule has 0 unspecified atom stereocenters. The van der Waals surface area contributed by atoms with Crippen molar-refractivity contribution in [2.75, 3.05) is 31.3 Å². The largest absolute Gasteiger partial charge is 0.398 e. The molecule has 0 bridgehead atoms. The van der Waals surface area contributed by atoms with Crippen molar-refractivity contribution in [2.24, 2.45) is 5.73 Å². The molecule has 1 rings (SSSR count). The van der Waals surface area contributed by atoms with Crippen molar-refractivity contribution in [1.82, 2.24) is 0 Å². The number of nitrogens with two attached hydrogens (primary N) is 2. The highest BCUT2D eigenvalue weighted by Gasteiger charge is 2.05. The highest BCUT2D eigenvalue weighted by molar-refractivity contribution is 5.98. The van der Waals surface area contributed by atoms with Crippen LogP contribution in [0, 0.1) is 0 Å². The smallest absolute Gasteiger partial charge is 0.250 e. The molecule has 15 heavy (non-hydrogen) atoms. The molecule has 0 aliphatic rings. The predicted molar refractivity (Wildman–Crippen MR) is 59.7 cm³/mol. The summed E-state index contributed by atoms with van der Waals surface area (Å²) in [5.74, 6) is -0.525. The van der Waals surface area contributed by atoms with E-state index in [-0.39, 0.29) is 0 Å². The molecule has 1 aromatic carbocycles. The molecule has 0 saturated heterocycles. The molecule has 5 heteroatoms. The number of methoxy groups -OCH3 is 1. The van der Waals surface area contributed by atoms with Gasteiger partial charge in [-0.3, -0.25) is 4.79 Å². The number of anilines is 2. The molecule has 5 nitrogen and oxygen atoms in total. The fourth-order valence-electron chi connectivity index (χ4n) is 1.18. The van der Waals surface area contributed by atoms with Gasteiger partial charge in [-0.15, -0.1) is 0 Å². The van der Waals surface area contributed by atoms with Gasteiger partial charge in [0, 0.05) is 25.0 Å². The third kappa shape index (κ3) is 3.14. The summed E-state index contributed by atoms with van der Waals surface area (Å²) in [5.41, 5.74) is 12.3. The van der Waals surface area contributed by atoms with E-state index in [2.05, 4.69) is 5.32 Å². The van der Waals surface area contributed by atoms with Crippen molar-refractivity contribution in [3.8, 4) is 0 Å². The van der Waals surface area contributed by atoms with Crippen LogP contribution in [0.4, 0.5) is 11.4 Å². The zero-order chi connectivity index (χ0) is 11.3. The first-order valence-electron chi connectivity index (χ1n) is 4.57. The minimum Gasteiger partial charge on any atom is -0.398 e. The summed E-state index contributed by atoms with van der Waals surface area (Å²) in [4.78, 5) is 11.0. The molecule has 0 saturated carbocycles. The Kier molecular flexibility index (Phi) is 3.93. The lowest BCUT2D eigenvalue weighted by molar-refractivity contribution is 0.100. The van der Waals surface area contributed by atoms with E-state index < -0.39 is 5.91 Å². The first kappa shape index (κ1) is 11.3. The van der Waals surface area contributed by atoms with Gasteiger partial charge in [-0.1, -0.05) is 0 Å². The number of rotatable bonds is 5. The highest BCUT2D eigenvalue weighted by atomic mass is 16.5. The quantitative estimate of drug-likeness (QED) is 0.484. The van der Waals surface area contributed by atoms with Gasteiger partial charge in [0.15, 0.2) is 0 Å². The molecule has 0 radical (unpaired) electrons. The van der Waals surface area contributed by atoms with E-state index in [0.29, 0.717) is 24.4 Å². The number of nitrogens with one attached hydrogen (secondary N) is 1. The van der Waals surface area contributed by atoms with Gasteiger partial charge in [0.25, 0.3) is 5.91 Å². The zero-order valence-electron chi connectivity index (χ0n) is 8.62. The first-order chi connectivity index (χ1) is 7.15. The standard InChI is InChI=1S/C10H15N3O2/c1-15-5-4-13-7-2-3-9(11)8(6-7)10(12)14/h2-3,6,13H,4-5,11H2,1H3,(H2,12,14). The average Bonchev–Trinajstić information content (AvgIpc) is 2.20. The fraction of sp³-hybridized carbons (Fsp3) is 0.300. The second kappa shape index (κ2) is 5.21. The maximum Gasteiger partial charge on any atom is 0.250 e. The molecule has 0 fully saturated rings. The first-order valence-corrected chi connectivity index (χ1v) is 4.57. The molecule has 1 aromatic rings. The van der Waals surface area contributed by atoms with E-state index in [1.54, 1.807) is 25.3 Å². The number of hydrogen-bond donors (Lipinski definition) is 3. The van der Waals surface area contributed by atoms with Crippen LogP contribution in [0.1, 0.15) is 10.4 Å². The number of benzene rings is 1. The van der Waals surface area contributed by atoms with E-state index in [4.69, 9.17) is 16.2 Å². The Balaban J connectivity index is 2.74. The molecule has 0 heterocycles. The van der Waals surface area contributed by atoms with Crippen molar-refractivity contribution in [2.45, 2.75) is 0 Å². The van der Waals surface area contributed by atoms with E-state index in [1.165, 1.54) is 0 Å². The van der Waals surface area contributed by atoms with Crippen LogP contribution in [-0.4, -0.2) is 26.2 Å². The van der Waals surface area contributed by atoms with Gasteiger partial charge in [-0.2, -0.15) is 0 Å². The number of nitrogen functional groups attached to an aromatic ring is 1. The van der Waals surface area contributed by atoms with Crippen LogP contribution in [-0.2, 0) is 4.74 Å². The van der Waals surface area contributed by atoms with E-state index in [1.807, 2.05) is 0 Å². The normalized spacial score (nSPS) is 9.93. The molecule has 1 amide bonds. The van der Waals surface area contributed by atoms with Gasteiger partial charge in [-0.25, -0.2) is 0 Å². The minimum absolute atomic E-state index is 0.331. The van der Waals surface area contributed by atoms with Crippen LogP contribution in [0.3, 0.4) is 0 Å². The topological polar surface area (TPSA) is 90.4 Å². The lowest BCUT2D eigenvalue weighted by Crippen LogP contribution is -2.14. The van der Waals surface area contributed by atoms with Gasteiger partial charge in [0.05, 0.1) is 12.2 Å². The minimum atomic E-state index is -0.525. The molecule has 0 aromatic heterocycles. The number of ether oxygens (including phenoxy) is 1. The summed E-state index contributed by atoms with van der Waals surface area (Å²) in [7, 11) is 1.62. The second-order valence-corrected chi connectivity index (χ2v) is 3.09. The van der Waals surface area contributed by atoms with Crippen LogP contribution in [0.2, 0.25) is 0 Å². The predicted octanol–water partition coefficient (Wildman–Crippen LogP) is 0.426. The number of carbonyl (C=O) groups excluding carboxylic acids is 1. The number of hydrogen-bond acceptors (Lipinski definition) is 4. The maximum absolute atomic E-state index is 11.0. The summed E-state index contributed by atoms with van der Waals surface area (Å²) in [6.45, 7) is 1.26. The Labute approximate surface area is 88.4 Å². The molecule has 82 valence electrons. The Bertz CT molecular complexity index is 353. The van der Waals surface area contributed by atoms with Crippen molar-refractivity contribution >= 4 is 17.3 Å². The van der Waals surface area contributed by atoms with Crippen molar-refractivity contribution in [1.29, 1.82) is 0 Å². The molecule has 0 spiro atoms. The van der Waals surface area contributed by atoms with E-state index >= 15 is 0 Å². The summed E-state index contributed by atoms with van der Waals surface area (Å²) in [5, 5.41) is 3.08. The number of primary amides is 1. The van der Waals surface area contributed by atoms with Crippen molar-refractivity contribution in [3.63, 3.8) is 0 Å². The Morgan fingerprint density at radius 2 is 2.27 bits per heavy atom. The van der Waals surface area contributed by atoms with E-state index in [0.717, 1.165) is 5.69 Å². The fourth-order valence-corrected chi connectivity index (χ4v) is 1.18. The van der Waals surface area contributed by atoms with Crippen LogP contribution >= 0.6 is 0 Å². The van der Waals surface area contributed by atoms with Crippen LogP contribution < -0.4 is 16.8 Å². The number of carbonyl (C=O) groups is 1. The number of amides is 1. The van der Waals surface area contributed by atoms with Gasteiger partial charge in [0.2, 0.25) is 0 Å². The van der Waals surface area contributed by atoms with Crippen LogP contribution in [0.5, 0.6) is 0 Å². The Morgan fingerprint density at radius 3 is 2.87 bits per heavy atom. The molecular formula is C10H15N3O2. The lowest BCUT2D eigenvalue weighted by atomic mass is 10.1. The molecule has 0 aliphatic heterocycles. The summed E-state index contributed by atoms with van der Waals surface area (Å²) in [6.07, 6.45) is 0. The van der Waals surface area contributed by atoms with Crippen molar-refractivity contribution < 1.29 is 9.53 Å². The maximum atomic E-state index is 11.0. The molecular weight excluding hydrogens is 194 g/mol. The average molecular weight is 209 g/mol. The Morgan fingerprint density at radius 1 is 1.53 bits per heavy atom. The van der Waals surface area contributed by atoms with Gasteiger partial charge >= 0.3 is 0 Å². The SMILES string of the molecule is COCCNc1ccc(N)c(C(N)=O)c1. The molecule has 0 aliphatic carbocycles. The van der Waals surface area contributed by atoms with Crippen molar-refractivity contribution in [3.05, 3.63) is 23.8 Å². The van der Waals surface area contributed by atoms with E-state index in [9.17, 15) is 4.79 Å². The third-order valence-electron chi connectivity index (χ3n) is 1.95.